The third kappa shape index (κ3) is 2.92. The van der Waals surface area contributed by atoms with Gasteiger partial charge in [0.15, 0.2) is 5.78 Å². The normalized spacial score (nSPS) is 14.1. The van der Waals surface area contributed by atoms with Crippen LogP contribution in [0.5, 0.6) is 0 Å². The topological polar surface area (TPSA) is 40.9 Å². The minimum atomic E-state index is -1.18. The Hall–Kier alpha value is -1.76. The predicted molar refractivity (Wildman–Crippen MR) is 63.7 cm³/mol. The lowest BCUT2D eigenvalue weighted by atomic mass is 9.83. The van der Waals surface area contributed by atoms with Crippen molar-refractivity contribution in [3.63, 3.8) is 0 Å². The van der Waals surface area contributed by atoms with Gasteiger partial charge in [-0.3, -0.25) is 4.79 Å². The second-order valence-electron chi connectivity index (χ2n) is 4.66. The summed E-state index contributed by atoms with van der Waals surface area (Å²) in [5, 5.41) is 9.04. The van der Waals surface area contributed by atoms with Gasteiger partial charge in [-0.15, -0.1) is 0 Å². The van der Waals surface area contributed by atoms with Crippen LogP contribution in [-0.4, -0.2) is 5.78 Å². The Kier molecular flexibility index (Phi) is 4.55. The van der Waals surface area contributed by atoms with Crippen molar-refractivity contribution in [2.75, 3.05) is 0 Å². The van der Waals surface area contributed by atoms with Crippen LogP contribution in [0.4, 0.5) is 8.78 Å². The van der Waals surface area contributed by atoms with Crippen molar-refractivity contribution in [3.05, 3.63) is 35.4 Å². The van der Waals surface area contributed by atoms with Crippen LogP contribution < -0.4 is 0 Å². The number of hydrogen-bond donors (Lipinski definition) is 0. The summed E-state index contributed by atoms with van der Waals surface area (Å²) >= 11 is 0. The van der Waals surface area contributed by atoms with Gasteiger partial charge in [0.1, 0.15) is 17.6 Å². The standard InChI is InChI=1S/C14H15F2NO/c1-8(2)9(3)14(18)12(7-17)11-5-4-10(15)6-13(11)16/h4-6,8-9,12H,1-3H3. The van der Waals surface area contributed by atoms with Gasteiger partial charge in [-0.25, -0.2) is 8.78 Å². The lowest BCUT2D eigenvalue weighted by molar-refractivity contribution is -0.123. The summed E-state index contributed by atoms with van der Waals surface area (Å²) in [5.74, 6) is -3.37. The SMILES string of the molecule is CC(C)C(C)C(=O)C(C#N)c1ccc(F)cc1F. The van der Waals surface area contributed by atoms with E-state index in [2.05, 4.69) is 0 Å². The molecule has 0 aliphatic heterocycles. The second-order valence-corrected chi connectivity index (χ2v) is 4.66. The first kappa shape index (κ1) is 14.3. The van der Waals surface area contributed by atoms with E-state index in [1.807, 2.05) is 13.8 Å². The Labute approximate surface area is 105 Å². The summed E-state index contributed by atoms with van der Waals surface area (Å²) in [6.45, 7) is 5.43. The van der Waals surface area contributed by atoms with E-state index in [9.17, 15) is 13.6 Å². The lowest BCUT2D eigenvalue weighted by Gasteiger charge is -2.18. The number of nitriles is 1. The van der Waals surface area contributed by atoms with Crippen LogP contribution in [0.3, 0.4) is 0 Å². The van der Waals surface area contributed by atoms with Crippen molar-refractivity contribution in [2.45, 2.75) is 26.7 Å². The number of carbonyl (C=O) groups excluding carboxylic acids is 1. The molecule has 0 N–H and O–H groups in total. The highest BCUT2D eigenvalue weighted by atomic mass is 19.1. The second kappa shape index (κ2) is 5.72. The van der Waals surface area contributed by atoms with E-state index in [1.54, 1.807) is 13.0 Å². The lowest BCUT2D eigenvalue weighted by Crippen LogP contribution is -2.23. The molecule has 2 unspecified atom stereocenters. The Morgan fingerprint density at radius 1 is 1.28 bits per heavy atom. The molecular formula is C14H15F2NO. The molecule has 0 saturated carbocycles. The number of nitrogens with zero attached hydrogens (tertiary/aromatic N) is 1. The van der Waals surface area contributed by atoms with Gasteiger partial charge in [-0.1, -0.05) is 26.8 Å². The molecule has 0 amide bonds. The smallest absolute Gasteiger partial charge is 0.157 e. The summed E-state index contributed by atoms with van der Waals surface area (Å²) in [6, 6.07) is 4.70. The van der Waals surface area contributed by atoms with Crippen molar-refractivity contribution in [2.24, 2.45) is 11.8 Å². The van der Waals surface area contributed by atoms with Crippen molar-refractivity contribution < 1.29 is 13.6 Å². The zero-order chi connectivity index (χ0) is 13.9. The maximum absolute atomic E-state index is 13.6. The monoisotopic (exact) mass is 251 g/mol. The summed E-state index contributed by atoms with van der Waals surface area (Å²) in [6.07, 6.45) is 0. The zero-order valence-electron chi connectivity index (χ0n) is 10.6. The minimum Gasteiger partial charge on any atom is -0.298 e. The fourth-order valence-corrected chi connectivity index (χ4v) is 1.61. The first-order valence-electron chi connectivity index (χ1n) is 5.76. The zero-order valence-corrected chi connectivity index (χ0v) is 10.6. The molecule has 1 rings (SSSR count). The van der Waals surface area contributed by atoms with Crippen LogP contribution in [0.15, 0.2) is 18.2 Å². The van der Waals surface area contributed by atoms with Gasteiger partial charge in [-0.05, 0) is 12.0 Å². The molecule has 0 aliphatic rings. The fourth-order valence-electron chi connectivity index (χ4n) is 1.61. The molecule has 96 valence electrons. The summed E-state index contributed by atoms with van der Waals surface area (Å²) in [4.78, 5) is 12.1. The molecule has 2 atom stereocenters. The van der Waals surface area contributed by atoms with E-state index in [1.165, 1.54) is 0 Å². The van der Waals surface area contributed by atoms with Gasteiger partial charge in [0.05, 0.1) is 6.07 Å². The highest BCUT2D eigenvalue weighted by Crippen LogP contribution is 2.26. The van der Waals surface area contributed by atoms with E-state index in [0.717, 1.165) is 12.1 Å². The molecule has 0 fully saturated rings. The van der Waals surface area contributed by atoms with Crippen molar-refractivity contribution in [1.82, 2.24) is 0 Å². The molecule has 1 aromatic carbocycles. The van der Waals surface area contributed by atoms with E-state index in [0.29, 0.717) is 6.07 Å². The number of carbonyl (C=O) groups is 1. The Morgan fingerprint density at radius 2 is 1.89 bits per heavy atom. The number of benzene rings is 1. The Bertz CT molecular complexity index is 491. The van der Waals surface area contributed by atoms with Crippen LogP contribution >= 0.6 is 0 Å². The van der Waals surface area contributed by atoms with Gasteiger partial charge >= 0.3 is 0 Å². The predicted octanol–water partition coefficient (Wildman–Crippen LogP) is 3.43. The quantitative estimate of drug-likeness (QED) is 0.822. The molecule has 0 spiro atoms. The van der Waals surface area contributed by atoms with Gasteiger partial charge in [0.2, 0.25) is 0 Å². The highest BCUT2D eigenvalue weighted by molar-refractivity contribution is 5.90. The Morgan fingerprint density at radius 3 is 2.33 bits per heavy atom. The fraction of sp³-hybridized carbons (Fsp3) is 0.429. The third-order valence-electron chi connectivity index (χ3n) is 3.14. The average Bonchev–Trinajstić information content (AvgIpc) is 2.31. The summed E-state index contributed by atoms with van der Waals surface area (Å²) < 4.78 is 26.4. The van der Waals surface area contributed by atoms with E-state index in [4.69, 9.17) is 5.26 Å². The molecule has 4 heteroatoms. The molecule has 18 heavy (non-hydrogen) atoms. The maximum Gasteiger partial charge on any atom is 0.157 e. The molecule has 2 nitrogen and oxygen atoms in total. The largest absolute Gasteiger partial charge is 0.298 e. The van der Waals surface area contributed by atoms with Crippen LogP contribution in [0.2, 0.25) is 0 Å². The van der Waals surface area contributed by atoms with Crippen LogP contribution in [0.25, 0.3) is 0 Å². The molecular weight excluding hydrogens is 236 g/mol. The molecule has 1 aromatic rings. The van der Waals surface area contributed by atoms with Crippen LogP contribution in [0, 0.1) is 34.8 Å². The van der Waals surface area contributed by atoms with Crippen molar-refractivity contribution in [1.29, 1.82) is 5.26 Å². The molecule has 0 heterocycles. The highest BCUT2D eigenvalue weighted by Gasteiger charge is 2.29. The Balaban J connectivity index is 3.11. The first-order valence-corrected chi connectivity index (χ1v) is 5.76. The van der Waals surface area contributed by atoms with Gasteiger partial charge in [0, 0.05) is 17.5 Å². The van der Waals surface area contributed by atoms with Gasteiger partial charge in [-0.2, -0.15) is 5.26 Å². The number of Topliss-reactive ketones (excluding diaryl/α,β-unsaturated/α-hetero) is 1. The van der Waals surface area contributed by atoms with E-state index >= 15 is 0 Å². The van der Waals surface area contributed by atoms with Crippen molar-refractivity contribution >= 4 is 5.78 Å². The molecule has 0 saturated heterocycles. The average molecular weight is 251 g/mol. The number of rotatable bonds is 4. The molecule has 0 radical (unpaired) electrons. The van der Waals surface area contributed by atoms with Gasteiger partial charge < -0.3 is 0 Å². The van der Waals surface area contributed by atoms with E-state index in [-0.39, 0.29) is 23.2 Å². The number of ketones is 1. The van der Waals surface area contributed by atoms with Crippen LogP contribution in [0.1, 0.15) is 32.3 Å². The summed E-state index contributed by atoms with van der Waals surface area (Å²) in [7, 11) is 0. The summed E-state index contributed by atoms with van der Waals surface area (Å²) in [5.41, 5.74) is -0.0589. The molecule has 0 aliphatic carbocycles. The van der Waals surface area contributed by atoms with Gasteiger partial charge in [0.25, 0.3) is 0 Å². The van der Waals surface area contributed by atoms with Crippen molar-refractivity contribution in [3.8, 4) is 6.07 Å². The molecule has 0 aromatic heterocycles. The first-order chi connectivity index (χ1) is 8.38. The maximum atomic E-state index is 13.6. The van der Waals surface area contributed by atoms with E-state index < -0.39 is 17.6 Å². The van der Waals surface area contributed by atoms with Crippen LogP contribution in [-0.2, 0) is 4.79 Å². The third-order valence-corrected chi connectivity index (χ3v) is 3.14. The number of hydrogen-bond acceptors (Lipinski definition) is 2. The number of halogens is 2. The minimum absolute atomic E-state index is 0.0589. The molecule has 0 bridgehead atoms.